The van der Waals surface area contributed by atoms with Crippen molar-refractivity contribution in [3.8, 4) is 0 Å². The van der Waals surface area contributed by atoms with Crippen LogP contribution in [0.5, 0.6) is 0 Å². The molecule has 2 atom stereocenters. The third-order valence-corrected chi connectivity index (χ3v) is 3.55. The van der Waals surface area contributed by atoms with Gasteiger partial charge in [0, 0.05) is 24.6 Å². The summed E-state index contributed by atoms with van der Waals surface area (Å²) >= 11 is 0. The van der Waals surface area contributed by atoms with Crippen molar-refractivity contribution >= 4 is 11.6 Å². The van der Waals surface area contributed by atoms with Gasteiger partial charge in [-0.05, 0) is 18.9 Å². The van der Waals surface area contributed by atoms with Gasteiger partial charge in [0.15, 0.2) is 0 Å². The van der Waals surface area contributed by atoms with Crippen LogP contribution in [0.4, 0.5) is 10.1 Å². The van der Waals surface area contributed by atoms with Crippen LogP contribution < -0.4 is 5.32 Å². The second-order valence-electron chi connectivity index (χ2n) is 4.89. The average molecular weight is 282 g/mol. The summed E-state index contributed by atoms with van der Waals surface area (Å²) in [4.78, 5) is 21.8. The predicted octanol–water partition coefficient (Wildman–Crippen LogP) is 1.62. The highest BCUT2D eigenvalue weighted by Crippen LogP contribution is 2.25. The number of nitro groups is 1. The number of hydrogen-bond donors (Lipinski definition) is 2. The number of nitrogens with zero attached hydrogens (tertiary/aromatic N) is 1. The van der Waals surface area contributed by atoms with E-state index in [1.807, 2.05) is 0 Å². The molecular formula is C13H15FN2O4. The summed E-state index contributed by atoms with van der Waals surface area (Å²) in [5.41, 5.74) is -0.691. The van der Waals surface area contributed by atoms with Crippen molar-refractivity contribution in [2.45, 2.75) is 25.4 Å². The number of hydrogen-bond acceptors (Lipinski definition) is 4. The summed E-state index contributed by atoms with van der Waals surface area (Å²) in [6.45, 7) is 0.238. The van der Waals surface area contributed by atoms with E-state index >= 15 is 0 Å². The van der Waals surface area contributed by atoms with Gasteiger partial charge in [0.2, 0.25) is 0 Å². The first-order valence-electron chi connectivity index (χ1n) is 6.39. The summed E-state index contributed by atoms with van der Waals surface area (Å²) in [6.07, 6.45) is 1.95. The molecule has 1 saturated carbocycles. The third kappa shape index (κ3) is 3.11. The Bertz CT molecular complexity index is 535. The van der Waals surface area contributed by atoms with Gasteiger partial charge in [-0.25, -0.2) is 4.39 Å². The lowest BCUT2D eigenvalue weighted by molar-refractivity contribution is -0.384. The molecule has 7 heteroatoms. The minimum absolute atomic E-state index is 0.0410. The number of halogens is 1. The number of nitro benzene ring substituents is 1. The number of non-ortho nitro benzene ring substituents is 1. The molecule has 1 fully saturated rings. The molecule has 6 nitrogen and oxygen atoms in total. The maximum atomic E-state index is 13.5. The lowest BCUT2D eigenvalue weighted by atomic mass is 10.1. The number of nitrogens with one attached hydrogen (secondary N) is 1. The van der Waals surface area contributed by atoms with Crippen LogP contribution >= 0.6 is 0 Å². The second-order valence-corrected chi connectivity index (χ2v) is 4.89. The molecule has 1 aromatic rings. The van der Waals surface area contributed by atoms with E-state index < -0.39 is 22.8 Å². The van der Waals surface area contributed by atoms with Crippen LogP contribution in [0.25, 0.3) is 0 Å². The highest BCUT2D eigenvalue weighted by atomic mass is 19.1. The minimum Gasteiger partial charge on any atom is -0.393 e. The van der Waals surface area contributed by atoms with E-state index in [-0.39, 0.29) is 23.7 Å². The van der Waals surface area contributed by atoms with Gasteiger partial charge >= 0.3 is 0 Å². The molecule has 0 aliphatic heterocycles. The Morgan fingerprint density at radius 1 is 1.50 bits per heavy atom. The van der Waals surface area contributed by atoms with Crippen LogP contribution in [-0.4, -0.2) is 28.6 Å². The van der Waals surface area contributed by atoms with Crippen LogP contribution in [0.2, 0.25) is 0 Å². The number of rotatable bonds is 4. The fraction of sp³-hybridized carbons (Fsp3) is 0.462. The molecule has 0 aromatic heterocycles. The van der Waals surface area contributed by atoms with Gasteiger partial charge in [0.25, 0.3) is 11.6 Å². The first kappa shape index (κ1) is 14.4. The third-order valence-electron chi connectivity index (χ3n) is 3.55. The number of amides is 1. The fourth-order valence-corrected chi connectivity index (χ4v) is 2.38. The highest BCUT2D eigenvalue weighted by Gasteiger charge is 2.26. The Kier molecular flexibility index (Phi) is 4.29. The fourth-order valence-electron chi connectivity index (χ4n) is 2.38. The topological polar surface area (TPSA) is 92.5 Å². The quantitative estimate of drug-likeness (QED) is 0.648. The largest absolute Gasteiger partial charge is 0.393 e. The molecule has 108 valence electrons. The van der Waals surface area contributed by atoms with Gasteiger partial charge in [0.1, 0.15) is 5.82 Å². The molecule has 0 heterocycles. The van der Waals surface area contributed by atoms with E-state index in [2.05, 4.69) is 5.32 Å². The van der Waals surface area contributed by atoms with Crippen LogP contribution in [0.15, 0.2) is 18.2 Å². The molecule has 2 rings (SSSR count). The summed E-state index contributed by atoms with van der Waals surface area (Å²) in [5.74, 6) is -1.55. The van der Waals surface area contributed by atoms with Gasteiger partial charge in [0.05, 0.1) is 16.6 Å². The standard InChI is InChI=1S/C13H15FN2O4/c14-11-5-4-9(16(19)20)6-10(11)13(18)15-7-8-2-1-3-12(8)17/h4-6,8,12,17H,1-3,7H2,(H,15,18). The Hall–Kier alpha value is -2.02. The van der Waals surface area contributed by atoms with Crippen molar-refractivity contribution in [3.63, 3.8) is 0 Å². The SMILES string of the molecule is O=C(NCC1CCCC1O)c1cc([N+](=O)[O-])ccc1F. The van der Waals surface area contributed by atoms with Crippen LogP contribution in [-0.2, 0) is 0 Å². The summed E-state index contributed by atoms with van der Waals surface area (Å²) in [5, 5.41) is 22.8. The second kappa shape index (κ2) is 5.96. The van der Waals surface area contributed by atoms with Gasteiger partial charge in [-0.1, -0.05) is 6.42 Å². The molecule has 0 saturated heterocycles. The van der Waals surface area contributed by atoms with Crippen LogP contribution in [0, 0.1) is 21.8 Å². The van der Waals surface area contributed by atoms with E-state index in [0.717, 1.165) is 31.0 Å². The zero-order valence-electron chi connectivity index (χ0n) is 10.7. The van der Waals surface area contributed by atoms with Gasteiger partial charge in [-0.2, -0.15) is 0 Å². The van der Waals surface area contributed by atoms with E-state index in [1.54, 1.807) is 0 Å². The number of benzene rings is 1. The zero-order chi connectivity index (χ0) is 14.7. The monoisotopic (exact) mass is 282 g/mol. The van der Waals surface area contributed by atoms with Crippen molar-refractivity contribution in [3.05, 3.63) is 39.7 Å². The Morgan fingerprint density at radius 3 is 2.85 bits per heavy atom. The molecule has 1 aliphatic rings. The first-order valence-corrected chi connectivity index (χ1v) is 6.39. The van der Waals surface area contributed by atoms with Crippen LogP contribution in [0.3, 0.4) is 0 Å². The molecule has 0 radical (unpaired) electrons. The van der Waals surface area contributed by atoms with Crippen molar-refractivity contribution in [1.82, 2.24) is 5.32 Å². The lowest BCUT2D eigenvalue weighted by Crippen LogP contribution is -2.32. The van der Waals surface area contributed by atoms with Crippen molar-refractivity contribution in [2.75, 3.05) is 6.54 Å². The highest BCUT2D eigenvalue weighted by molar-refractivity contribution is 5.95. The van der Waals surface area contributed by atoms with Crippen molar-refractivity contribution < 1.29 is 19.2 Å². The lowest BCUT2D eigenvalue weighted by Gasteiger charge is -2.15. The molecule has 2 unspecified atom stereocenters. The van der Waals surface area contributed by atoms with Gasteiger partial charge < -0.3 is 10.4 Å². The number of carbonyl (C=O) groups is 1. The molecule has 1 aliphatic carbocycles. The average Bonchev–Trinajstić information content (AvgIpc) is 2.81. The van der Waals surface area contributed by atoms with E-state index in [9.17, 15) is 24.4 Å². The van der Waals surface area contributed by atoms with Crippen molar-refractivity contribution in [2.24, 2.45) is 5.92 Å². The number of carbonyl (C=O) groups excluding carboxylic acids is 1. The molecule has 0 bridgehead atoms. The minimum atomic E-state index is -0.805. The summed E-state index contributed by atoms with van der Waals surface area (Å²) in [6, 6.07) is 2.82. The van der Waals surface area contributed by atoms with E-state index in [4.69, 9.17) is 0 Å². The molecule has 1 aromatic carbocycles. The summed E-state index contributed by atoms with van der Waals surface area (Å²) in [7, 11) is 0. The van der Waals surface area contributed by atoms with Crippen molar-refractivity contribution in [1.29, 1.82) is 0 Å². The Morgan fingerprint density at radius 2 is 2.25 bits per heavy atom. The maximum Gasteiger partial charge on any atom is 0.270 e. The molecule has 1 amide bonds. The first-order chi connectivity index (χ1) is 9.49. The van der Waals surface area contributed by atoms with Gasteiger partial charge in [-0.15, -0.1) is 0 Å². The summed E-state index contributed by atoms with van der Waals surface area (Å²) < 4.78 is 13.5. The molecular weight excluding hydrogens is 267 g/mol. The normalized spacial score (nSPS) is 21.7. The Balaban J connectivity index is 2.05. The Labute approximate surface area is 114 Å². The van der Waals surface area contributed by atoms with E-state index in [1.165, 1.54) is 0 Å². The zero-order valence-corrected chi connectivity index (χ0v) is 10.7. The molecule has 2 N–H and O–H groups in total. The molecule has 0 spiro atoms. The smallest absolute Gasteiger partial charge is 0.270 e. The van der Waals surface area contributed by atoms with Gasteiger partial charge in [-0.3, -0.25) is 14.9 Å². The number of aliphatic hydroxyl groups excluding tert-OH is 1. The van der Waals surface area contributed by atoms with Crippen LogP contribution in [0.1, 0.15) is 29.6 Å². The molecule has 20 heavy (non-hydrogen) atoms. The maximum absolute atomic E-state index is 13.5. The predicted molar refractivity (Wildman–Crippen MR) is 68.7 cm³/mol. The number of aliphatic hydroxyl groups is 1. The van der Waals surface area contributed by atoms with E-state index in [0.29, 0.717) is 6.42 Å².